The molecule has 3 amide bonds. The highest BCUT2D eigenvalue weighted by Crippen LogP contribution is 2.25. The summed E-state index contributed by atoms with van der Waals surface area (Å²) >= 11 is 0. The van der Waals surface area contributed by atoms with E-state index in [9.17, 15) is 14.4 Å². The molecule has 3 aliphatic rings. The molecule has 8 heteroatoms. The summed E-state index contributed by atoms with van der Waals surface area (Å²) in [5.41, 5.74) is 2.51. The molecule has 0 saturated carbocycles. The van der Waals surface area contributed by atoms with Crippen LogP contribution >= 0.6 is 12.4 Å². The molecule has 29 heavy (non-hydrogen) atoms. The maximum absolute atomic E-state index is 13.0. The molecule has 2 unspecified atom stereocenters. The van der Waals surface area contributed by atoms with E-state index in [2.05, 4.69) is 16.0 Å². The van der Waals surface area contributed by atoms with Gasteiger partial charge in [0, 0.05) is 37.3 Å². The van der Waals surface area contributed by atoms with Gasteiger partial charge >= 0.3 is 0 Å². The molecule has 3 aliphatic heterocycles. The summed E-state index contributed by atoms with van der Waals surface area (Å²) in [4.78, 5) is 38.6. The fraction of sp³-hybridized carbons (Fsp3) is 0.571. The summed E-state index contributed by atoms with van der Waals surface area (Å²) in [7, 11) is 0. The number of benzene rings is 1. The van der Waals surface area contributed by atoms with Crippen LogP contribution in [0.2, 0.25) is 0 Å². The van der Waals surface area contributed by atoms with Crippen molar-refractivity contribution in [3.05, 3.63) is 29.3 Å². The van der Waals surface area contributed by atoms with E-state index >= 15 is 0 Å². The van der Waals surface area contributed by atoms with Gasteiger partial charge < -0.3 is 20.9 Å². The van der Waals surface area contributed by atoms with Crippen LogP contribution in [0, 0.1) is 5.92 Å². The van der Waals surface area contributed by atoms with E-state index in [0.717, 1.165) is 50.0 Å². The zero-order valence-corrected chi connectivity index (χ0v) is 17.4. The van der Waals surface area contributed by atoms with Gasteiger partial charge in [-0.05, 0) is 68.3 Å². The number of nitrogens with one attached hydrogen (secondary N) is 3. The minimum Gasteiger partial charge on any atom is -0.354 e. The molecule has 3 heterocycles. The smallest absolute Gasteiger partial charge is 0.253 e. The van der Waals surface area contributed by atoms with Crippen molar-refractivity contribution in [3.63, 3.8) is 0 Å². The van der Waals surface area contributed by atoms with Gasteiger partial charge in [-0.3, -0.25) is 14.4 Å². The number of carbonyl (C=O) groups excluding carboxylic acids is 3. The van der Waals surface area contributed by atoms with E-state index in [1.165, 1.54) is 0 Å². The number of fused-ring (bicyclic) bond motifs is 1. The predicted octanol–water partition coefficient (Wildman–Crippen LogP) is 1.71. The number of anilines is 1. The SMILES string of the molecule is Cl.O=C1CCc2cc(C(=O)N3CCCC(CNC(=O)C4CCCN4)C3)ccc2N1. The number of likely N-dealkylation sites (tertiary alicyclic amines) is 1. The summed E-state index contributed by atoms with van der Waals surface area (Å²) < 4.78 is 0. The number of rotatable bonds is 4. The molecule has 0 spiro atoms. The third-order valence-corrected chi connectivity index (χ3v) is 6.00. The van der Waals surface area contributed by atoms with Crippen LogP contribution in [0.15, 0.2) is 18.2 Å². The van der Waals surface area contributed by atoms with Crippen LogP contribution in [0.5, 0.6) is 0 Å². The quantitative estimate of drug-likeness (QED) is 0.691. The number of hydrogen-bond donors (Lipinski definition) is 3. The maximum Gasteiger partial charge on any atom is 0.253 e. The van der Waals surface area contributed by atoms with Crippen LogP contribution in [0.3, 0.4) is 0 Å². The highest BCUT2D eigenvalue weighted by molar-refractivity contribution is 5.98. The number of carbonyl (C=O) groups is 3. The monoisotopic (exact) mass is 420 g/mol. The molecule has 0 aromatic heterocycles. The minimum absolute atomic E-state index is 0. The van der Waals surface area contributed by atoms with Crippen LogP contribution in [0.25, 0.3) is 0 Å². The molecule has 1 aromatic rings. The highest BCUT2D eigenvalue weighted by atomic mass is 35.5. The Hall–Kier alpha value is -2.12. The topological polar surface area (TPSA) is 90.5 Å². The van der Waals surface area contributed by atoms with Gasteiger partial charge in [-0.2, -0.15) is 0 Å². The van der Waals surface area contributed by atoms with E-state index in [-0.39, 0.29) is 36.2 Å². The Kier molecular flexibility index (Phi) is 7.14. The standard InChI is InChI=1S/C21H28N4O3.ClH/c26-19-8-6-15-11-16(5-7-17(15)24-19)21(28)25-10-2-3-14(13-25)12-23-20(27)18-4-1-9-22-18;/h5,7,11,14,18,22H,1-4,6,8-10,12-13H2,(H,23,27)(H,24,26);1H. The van der Waals surface area contributed by atoms with E-state index in [1.807, 2.05) is 17.0 Å². The highest BCUT2D eigenvalue weighted by Gasteiger charge is 2.27. The minimum atomic E-state index is -0.0580. The van der Waals surface area contributed by atoms with E-state index in [0.29, 0.717) is 37.4 Å². The lowest BCUT2D eigenvalue weighted by atomic mass is 9.96. The molecule has 7 nitrogen and oxygen atoms in total. The van der Waals surface area contributed by atoms with Gasteiger partial charge in [0.15, 0.2) is 0 Å². The lowest BCUT2D eigenvalue weighted by Gasteiger charge is -2.33. The van der Waals surface area contributed by atoms with Crippen molar-refractivity contribution in [1.29, 1.82) is 0 Å². The molecule has 3 N–H and O–H groups in total. The van der Waals surface area contributed by atoms with Crippen molar-refractivity contribution in [3.8, 4) is 0 Å². The molecule has 0 radical (unpaired) electrons. The zero-order valence-electron chi connectivity index (χ0n) is 16.5. The van der Waals surface area contributed by atoms with E-state index in [4.69, 9.17) is 0 Å². The summed E-state index contributed by atoms with van der Waals surface area (Å²) in [6, 6.07) is 5.48. The zero-order chi connectivity index (χ0) is 19.5. The Morgan fingerprint density at radius 3 is 2.83 bits per heavy atom. The number of piperidine rings is 1. The predicted molar refractivity (Wildman–Crippen MR) is 113 cm³/mol. The Morgan fingerprint density at radius 2 is 2.03 bits per heavy atom. The lowest BCUT2D eigenvalue weighted by molar-refractivity contribution is -0.123. The number of hydrogen-bond acceptors (Lipinski definition) is 4. The first-order chi connectivity index (χ1) is 13.6. The normalized spacial score (nSPS) is 23.6. The average Bonchev–Trinajstić information content (AvgIpc) is 3.26. The Bertz CT molecular complexity index is 779. The first-order valence-corrected chi connectivity index (χ1v) is 10.3. The summed E-state index contributed by atoms with van der Waals surface area (Å²) in [6.45, 7) is 2.96. The van der Waals surface area contributed by atoms with Crippen molar-refractivity contribution < 1.29 is 14.4 Å². The molecule has 4 rings (SSSR count). The third-order valence-electron chi connectivity index (χ3n) is 6.00. The third kappa shape index (κ3) is 5.08. The lowest BCUT2D eigenvalue weighted by Crippen LogP contribution is -2.46. The van der Waals surface area contributed by atoms with Gasteiger partial charge in [-0.15, -0.1) is 12.4 Å². The molecule has 158 valence electrons. The van der Waals surface area contributed by atoms with Gasteiger partial charge in [-0.1, -0.05) is 0 Å². The van der Waals surface area contributed by atoms with Gasteiger partial charge in [0.05, 0.1) is 6.04 Å². The summed E-state index contributed by atoms with van der Waals surface area (Å²) in [5, 5.41) is 9.13. The first kappa shape index (κ1) is 21.6. The molecule has 2 fully saturated rings. The van der Waals surface area contributed by atoms with Crippen molar-refractivity contribution in [2.45, 2.75) is 44.6 Å². The number of aryl methyl sites for hydroxylation is 1. The summed E-state index contributed by atoms with van der Waals surface area (Å²) in [5.74, 6) is 0.436. The van der Waals surface area contributed by atoms with Crippen molar-refractivity contribution in [2.75, 3.05) is 31.5 Å². The van der Waals surface area contributed by atoms with Gasteiger partial charge in [0.25, 0.3) is 5.91 Å². The van der Waals surface area contributed by atoms with Crippen LogP contribution in [0.1, 0.15) is 48.0 Å². The van der Waals surface area contributed by atoms with E-state index < -0.39 is 0 Å². The van der Waals surface area contributed by atoms with Gasteiger partial charge in [-0.25, -0.2) is 0 Å². The Balaban J connectivity index is 0.00000240. The van der Waals surface area contributed by atoms with Crippen molar-refractivity contribution in [1.82, 2.24) is 15.5 Å². The summed E-state index contributed by atoms with van der Waals surface area (Å²) in [6.07, 6.45) is 5.07. The first-order valence-electron chi connectivity index (χ1n) is 10.3. The van der Waals surface area contributed by atoms with Crippen LogP contribution < -0.4 is 16.0 Å². The molecule has 2 atom stereocenters. The second-order valence-corrected chi connectivity index (χ2v) is 8.07. The van der Waals surface area contributed by atoms with Crippen LogP contribution in [-0.4, -0.2) is 54.8 Å². The van der Waals surface area contributed by atoms with Crippen molar-refractivity contribution >= 4 is 35.8 Å². The molecule has 0 bridgehead atoms. The fourth-order valence-corrected chi connectivity index (χ4v) is 4.39. The molecule has 2 saturated heterocycles. The van der Waals surface area contributed by atoms with Gasteiger partial charge in [0.1, 0.15) is 0 Å². The molecular weight excluding hydrogens is 392 g/mol. The second-order valence-electron chi connectivity index (χ2n) is 8.07. The molecule has 1 aromatic carbocycles. The maximum atomic E-state index is 13.0. The molecular formula is C21H29ClN4O3. The van der Waals surface area contributed by atoms with Crippen LogP contribution in [-0.2, 0) is 16.0 Å². The van der Waals surface area contributed by atoms with Crippen LogP contribution in [0.4, 0.5) is 5.69 Å². The van der Waals surface area contributed by atoms with Crippen molar-refractivity contribution in [2.24, 2.45) is 5.92 Å². The van der Waals surface area contributed by atoms with Gasteiger partial charge in [0.2, 0.25) is 11.8 Å². The fourth-order valence-electron chi connectivity index (χ4n) is 4.39. The average molecular weight is 421 g/mol. The Labute approximate surface area is 177 Å². The largest absolute Gasteiger partial charge is 0.354 e. The Morgan fingerprint density at radius 1 is 1.17 bits per heavy atom. The number of halogens is 1. The second kappa shape index (κ2) is 9.59. The molecule has 0 aliphatic carbocycles. The number of amides is 3. The van der Waals surface area contributed by atoms with E-state index in [1.54, 1.807) is 6.07 Å². The number of nitrogens with zero attached hydrogens (tertiary/aromatic N) is 1.